The summed E-state index contributed by atoms with van der Waals surface area (Å²) in [6.45, 7) is 12.8. The van der Waals surface area contributed by atoms with Crippen molar-refractivity contribution in [2.24, 2.45) is 0 Å². The highest BCUT2D eigenvalue weighted by molar-refractivity contribution is 5.42. The number of rotatable bonds is 8. The van der Waals surface area contributed by atoms with Crippen molar-refractivity contribution in [3.05, 3.63) is 11.8 Å². The average molecular weight is 350 g/mol. The molecule has 0 aliphatic heterocycles. The van der Waals surface area contributed by atoms with Crippen LogP contribution in [-0.4, -0.2) is 57.3 Å². The van der Waals surface area contributed by atoms with Gasteiger partial charge >= 0.3 is 0 Å². The molecule has 1 aliphatic carbocycles. The molecule has 142 valence electrons. The first-order chi connectivity index (χ1) is 11.8. The second kappa shape index (κ2) is 9.34. The van der Waals surface area contributed by atoms with Crippen molar-refractivity contribution in [3.63, 3.8) is 0 Å². The maximum absolute atomic E-state index is 9.63. The fourth-order valence-corrected chi connectivity index (χ4v) is 3.55. The Balaban J connectivity index is 1.90. The Kier molecular flexibility index (Phi) is 7.44. The van der Waals surface area contributed by atoms with Crippen LogP contribution in [0, 0.1) is 6.92 Å². The maximum Gasteiger partial charge on any atom is 0.225 e. The first-order valence-electron chi connectivity index (χ1n) is 9.65. The largest absolute Gasteiger partial charge is 0.393 e. The maximum atomic E-state index is 9.63. The molecule has 1 fully saturated rings. The number of hydrogen-bond acceptors (Lipinski definition) is 6. The van der Waals surface area contributed by atoms with E-state index < -0.39 is 0 Å². The van der Waals surface area contributed by atoms with E-state index in [-0.39, 0.29) is 6.10 Å². The zero-order valence-corrected chi connectivity index (χ0v) is 16.4. The number of nitrogens with zero attached hydrogens (tertiary/aromatic N) is 3. The minimum absolute atomic E-state index is 0.140. The third-order valence-electron chi connectivity index (χ3n) is 4.89. The van der Waals surface area contributed by atoms with Gasteiger partial charge in [0.25, 0.3) is 0 Å². The molecule has 0 bridgehead atoms. The Hall–Kier alpha value is -1.40. The summed E-state index contributed by atoms with van der Waals surface area (Å²) in [6, 6.07) is 3.42. The van der Waals surface area contributed by atoms with Crippen molar-refractivity contribution in [2.75, 3.05) is 23.7 Å². The zero-order chi connectivity index (χ0) is 18.4. The normalized spacial score (nSPS) is 21.2. The van der Waals surface area contributed by atoms with Crippen LogP contribution in [0.1, 0.15) is 59.1 Å². The highest BCUT2D eigenvalue weighted by Crippen LogP contribution is 2.21. The van der Waals surface area contributed by atoms with Gasteiger partial charge in [0.15, 0.2) is 0 Å². The van der Waals surface area contributed by atoms with Gasteiger partial charge in [0.1, 0.15) is 5.82 Å². The molecule has 0 atom stereocenters. The highest BCUT2D eigenvalue weighted by atomic mass is 16.3. The van der Waals surface area contributed by atoms with Gasteiger partial charge in [-0.1, -0.05) is 0 Å². The Morgan fingerprint density at radius 3 is 2.36 bits per heavy atom. The van der Waals surface area contributed by atoms with Gasteiger partial charge < -0.3 is 15.7 Å². The minimum atomic E-state index is -0.140. The lowest BCUT2D eigenvalue weighted by Gasteiger charge is -2.30. The Morgan fingerprint density at radius 2 is 1.76 bits per heavy atom. The van der Waals surface area contributed by atoms with E-state index in [1.807, 2.05) is 13.0 Å². The van der Waals surface area contributed by atoms with E-state index in [1.54, 1.807) is 0 Å². The summed E-state index contributed by atoms with van der Waals surface area (Å²) in [5.74, 6) is 1.56. The Bertz CT molecular complexity index is 519. The second-order valence-electron chi connectivity index (χ2n) is 7.72. The summed E-state index contributed by atoms with van der Waals surface area (Å²) in [5.41, 5.74) is 0.959. The van der Waals surface area contributed by atoms with E-state index in [0.29, 0.717) is 24.1 Å². The molecular weight excluding hydrogens is 314 g/mol. The van der Waals surface area contributed by atoms with Gasteiger partial charge in [-0.2, -0.15) is 4.98 Å². The predicted molar refractivity (Wildman–Crippen MR) is 104 cm³/mol. The molecular formula is C19H35N5O. The molecule has 1 aromatic rings. The molecule has 1 aromatic heterocycles. The minimum Gasteiger partial charge on any atom is -0.393 e. The Morgan fingerprint density at radius 1 is 1.12 bits per heavy atom. The molecule has 1 heterocycles. The molecule has 0 aromatic carbocycles. The molecule has 6 heteroatoms. The summed E-state index contributed by atoms with van der Waals surface area (Å²) in [6.07, 6.45) is 3.51. The van der Waals surface area contributed by atoms with Gasteiger partial charge in [0, 0.05) is 43.0 Å². The fourth-order valence-electron chi connectivity index (χ4n) is 3.55. The van der Waals surface area contributed by atoms with Crippen molar-refractivity contribution in [1.82, 2.24) is 14.9 Å². The van der Waals surface area contributed by atoms with Crippen molar-refractivity contribution in [3.8, 4) is 0 Å². The van der Waals surface area contributed by atoms with E-state index in [4.69, 9.17) is 0 Å². The van der Waals surface area contributed by atoms with Crippen LogP contribution in [0.5, 0.6) is 0 Å². The third-order valence-corrected chi connectivity index (χ3v) is 4.89. The van der Waals surface area contributed by atoms with E-state index in [9.17, 15) is 5.11 Å². The lowest BCUT2D eigenvalue weighted by molar-refractivity contribution is 0.126. The molecule has 2 rings (SSSR count). The molecule has 25 heavy (non-hydrogen) atoms. The SMILES string of the molecule is Cc1cc(NCCN(C(C)C)C(C)C)nc(NC2CCC(O)CC2)n1. The second-order valence-corrected chi connectivity index (χ2v) is 7.72. The summed E-state index contributed by atoms with van der Waals surface area (Å²) >= 11 is 0. The number of aryl methyl sites for hydroxylation is 1. The monoisotopic (exact) mass is 349 g/mol. The zero-order valence-electron chi connectivity index (χ0n) is 16.4. The lowest BCUT2D eigenvalue weighted by atomic mass is 9.93. The lowest BCUT2D eigenvalue weighted by Crippen LogP contribution is -2.40. The number of aromatic nitrogens is 2. The number of anilines is 2. The first kappa shape index (κ1) is 19.9. The van der Waals surface area contributed by atoms with Crippen LogP contribution >= 0.6 is 0 Å². The molecule has 1 aliphatic rings. The third kappa shape index (κ3) is 6.44. The quantitative estimate of drug-likeness (QED) is 0.670. The van der Waals surface area contributed by atoms with Gasteiger partial charge in [-0.3, -0.25) is 4.90 Å². The van der Waals surface area contributed by atoms with Crippen LogP contribution in [0.4, 0.5) is 11.8 Å². The standard InChI is InChI=1S/C19H35N5O/c1-13(2)24(14(3)4)11-10-20-18-12-15(5)21-19(23-18)22-16-6-8-17(25)9-7-16/h12-14,16-17,25H,6-11H2,1-5H3,(H2,20,21,22,23). The summed E-state index contributed by atoms with van der Waals surface area (Å²) in [7, 11) is 0. The number of hydrogen-bond donors (Lipinski definition) is 3. The van der Waals surface area contributed by atoms with Crippen molar-refractivity contribution >= 4 is 11.8 Å². The van der Waals surface area contributed by atoms with Gasteiger partial charge in [-0.05, 0) is 60.3 Å². The topological polar surface area (TPSA) is 73.3 Å². The van der Waals surface area contributed by atoms with Crippen LogP contribution in [0.25, 0.3) is 0 Å². The van der Waals surface area contributed by atoms with Gasteiger partial charge in [0.05, 0.1) is 6.10 Å². The van der Waals surface area contributed by atoms with Crippen LogP contribution in [-0.2, 0) is 0 Å². The smallest absolute Gasteiger partial charge is 0.225 e. The van der Waals surface area contributed by atoms with E-state index in [2.05, 4.69) is 53.2 Å². The van der Waals surface area contributed by atoms with Crippen LogP contribution in [0.2, 0.25) is 0 Å². The fraction of sp³-hybridized carbons (Fsp3) is 0.789. The molecule has 3 N–H and O–H groups in total. The molecule has 1 saturated carbocycles. The van der Waals surface area contributed by atoms with E-state index in [1.165, 1.54) is 0 Å². The molecule has 6 nitrogen and oxygen atoms in total. The van der Waals surface area contributed by atoms with E-state index >= 15 is 0 Å². The first-order valence-corrected chi connectivity index (χ1v) is 9.65. The summed E-state index contributed by atoms with van der Waals surface area (Å²) in [4.78, 5) is 11.6. The molecule has 0 spiro atoms. The highest BCUT2D eigenvalue weighted by Gasteiger charge is 2.20. The summed E-state index contributed by atoms with van der Waals surface area (Å²) in [5, 5.41) is 16.5. The van der Waals surface area contributed by atoms with Gasteiger partial charge in [-0.25, -0.2) is 4.98 Å². The van der Waals surface area contributed by atoms with Crippen molar-refractivity contribution < 1.29 is 5.11 Å². The van der Waals surface area contributed by atoms with Crippen molar-refractivity contribution in [1.29, 1.82) is 0 Å². The van der Waals surface area contributed by atoms with Crippen LogP contribution in [0.15, 0.2) is 6.07 Å². The molecule has 0 radical (unpaired) electrons. The van der Waals surface area contributed by atoms with Crippen molar-refractivity contribution in [2.45, 2.75) is 84.5 Å². The number of aliphatic hydroxyl groups excluding tert-OH is 1. The van der Waals surface area contributed by atoms with Crippen LogP contribution < -0.4 is 10.6 Å². The number of nitrogens with one attached hydrogen (secondary N) is 2. The molecule has 0 unspecified atom stereocenters. The van der Waals surface area contributed by atoms with E-state index in [0.717, 1.165) is 50.3 Å². The number of aliphatic hydroxyl groups is 1. The van der Waals surface area contributed by atoms with Crippen LogP contribution in [0.3, 0.4) is 0 Å². The average Bonchev–Trinajstić information content (AvgIpc) is 2.52. The molecule has 0 saturated heterocycles. The predicted octanol–water partition coefficient (Wildman–Crippen LogP) is 3.03. The summed E-state index contributed by atoms with van der Waals surface area (Å²) < 4.78 is 0. The van der Waals surface area contributed by atoms with Gasteiger partial charge in [0.2, 0.25) is 5.95 Å². The Labute approximate surface area is 152 Å². The molecule has 0 amide bonds. The van der Waals surface area contributed by atoms with Gasteiger partial charge in [-0.15, -0.1) is 0 Å².